The van der Waals surface area contributed by atoms with Crippen molar-refractivity contribution >= 4 is 11.6 Å². The van der Waals surface area contributed by atoms with E-state index in [1.54, 1.807) is 19.1 Å². The van der Waals surface area contributed by atoms with Crippen molar-refractivity contribution in [3.63, 3.8) is 0 Å². The monoisotopic (exact) mass is 419 g/mol. The number of halogens is 2. The zero-order valence-electron chi connectivity index (χ0n) is 16.6. The molecule has 0 aromatic carbocycles. The van der Waals surface area contributed by atoms with Crippen LogP contribution in [0.1, 0.15) is 53.9 Å². The predicted octanol–water partition coefficient (Wildman–Crippen LogP) is 2.90. The molecule has 1 saturated heterocycles. The van der Waals surface area contributed by atoms with Gasteiger partial charge in [0.1, 0.15) is 0 Å². The summed E-state index contributed by atoms with van der Waals surface area (Å²) < 4.78 is 37.6. The topological polar surface area (TPSA) is 93.4 Å². The molecule has 1 aliphatic heterocycles. The normalized spacial score (nSPS) is 21.1. The van der Waals surface area contributed by atoms with Crippen LogP contribution in [0.25, 0.3) is 0 Å². The number of aromatic nitrogens is 3. The second-order valence-electron chi connectivity index (χ2n) is 8.44. The molecule has 1 atom stereocenters. The summed E-state index contributed by atoms with van der Waals surface area (Å²) in [7, 11) is 0. The number of alkyl halides is 2. The first-order chi connectivity index (χ1) is 14.4. The first kappa shape index (κ1) is 19.2. The third kappa shape index (κ3) is 4.08. The van der Waals surface area contributed by atoms with Crippen molar-refractivity contribution in [1.29, 1.82) is 0 Å². The number of rotatable bonds is 8. The lowest BCUT2D eigenvalue weighted by Gasteiger charge is -2.40. The Morgan fingerprint density at radius 1 is 1.30 bits per heavy atom. The zero-order valence-corrected chi connectivity index (χ0v) is 16.6. The Kier molecular flexibility index (Phi) is 4.59. The fourth-order valence-corrected chi connectivity index (χ4v) is 3.58. The highest BCUT2D eigenvalue weighted by atomic mass is 19.3. The number of nitrogens with zero attached hydrogens (tertiary/aromatic N) is 4. The summed E-state index contributed by atoms with van der Waals surface area (Å²) in [5.74, 6) is -1.31. The molecule has 2 saturated carbocycles. The molecule has 2 aromatic heterocycles. The highest BCUT2D eigenvalue weighted by molar-refractivity contribution is 5.98. The molecule has 1 amide bonds. The van der Waals surface area contributed by atoms with Crippen LogP contribution >= 0.6 is 0 Å². The van der Waals surface area contributed by atoms with Gasteiger partial charge in [-0.15, -0.1) is 0 Å². The number of carbonyl (C=O) groups excluding carboxylic acids is 1. The van der Waals surface area contributed by atoms with Gasteiger partial charge < -0.3 is 19.5 Å². The quantitative estimate of drug-likeness (QED) is 0.703. The van der Waals surface area contributed by atoms with Gasteiger partial charge in [-0.3, -0.25) is 4.79 Å². The Labute approximate surface area is 172 Å². The third-order valence-electron chi connectivity index (χ3n) is 5.61. The van der Waals surface area contributed by atoms with Crippen molar-refractivity contribution in [2.75, 3.05) is 24.6 Å². The van der Waals surface area contributed by atoms with Crippen molar-refractivity contribution in [2.24, 2.45) is 11.8 Å². The first-order valence-electron chi connectivity index (χ1n) is 10.3. The lowest BCUT2D eigenvalue weighted by Crippen LogP contribution is -2.57. The van der Waals surface area contributed by atoms with Crippen LogP contribution < -0.4 is 15.0 Å². The molecule has 8 nitrogen and oxygen atoms in total. The summed E-state index contributed by atoms with van der Waals surface area (Å²) in [5, 5.41) is 6.88. The molecule has 3 heterocycles. The van der Waals surface area contributed by atoms with E-state index in [2.05, 4.69) is 20.4 Å². The van der Waals surface area contributed by atoms with Crippen molar-refractivity contribution in [1.82, 2.24) is 20.4 Å². The van der Waals surface area contributed by atoms with Crippen molar-refractivity contribution < 1.29 is 22.8 Å². The Morgan fingerprint density at radius 3 is 2.67 bits per heavy atom. The highest BCUT2D eigenvalue weighted by Crippen LogP contribution is 2.41. The van der Waals surface area contributed by atoms with Crippen LogP contribution in [0.5, 0.6) is 5.88 Å². The molecule has 3 aliphatic rings. The summed E-state index contributed by atoms with van der Waals surface area (Å²) in [4.78, 5) is 23.2. The summed E-state index contributed by atoms with van der Waals surface area (Å²) in [6.07, 6.45) is 4.15. The molecule has 0 spiro atoms. The van der Waals surface area contributed by atoms with E-state index in [-0.39, 0.29) is 11.6 Å². The van der Waals surface area contributed by atoms with Crippen LogP contribution in [0, 0.1) is 18.8 Å². The van der Waals surface area contributed by atoms with E-state index < -0.39 is 31.0 Å². The number of carbonyl (C=O) groups is 1. The standard InChI is InChI=1S/C20H23F2N5O3/c1-11-23-18(26-30-11)16(13-4-5-13)25-19(28)17-14(27-9-20(21,22)10-27)6-7-15(24-17)29-8-12-2-3-12/h6-7,12-13,16H,2-5,8-10H2,1H3,(H,25,28). The van der Waals surface area contributed by atoms with Gasteiger partial charge in [-0.1, -0.05) is 5.16 Å². The highest BCUT2D eigenvalue weighted by Gasteiger charge is 2.45. The average Bonchev–Trinajstić information content (AvgIpc) is 3.61. The molecule has 160 valence electrons. The predicted molar refractivity (Wildman–Crippen MR) is 102 cm³/mol. The van der Waals surface area contributed by atoms with Crippen LogP contribution in [0.4, 0.5) is 14.5 Å². The van der Waals surface area contributed by atoms with Crippen LogP contribution in [0.15, 0.2) is 16.7 Å². The largest absolute Gasteiger partial charge is 0.477 e. The number of hydrogen-bond donors (Lipinski definition) is 1. The van der Waals surface area contributed by atoms with Gasteiger partial charge in [-0.2, -0.15) is 4.98 Å². The van der Waals surface area contributed by atoms with Gasteiger partial charge in [0.2, 0.25) is 11.8 Å². The number of pyridine rings is 1. The maximum atomic E-state index is 13.4. The van der Waals surface area contributed by atoms with E-state index in [4.69, 9.17) is 9.26 Å². The third-order valence-corrected chi connectivity index (χ3v) is 5.61. The van der Waals surface area contributed by atoms with Crippen LogP contribution in [0.2, 0.25) is 0 Å². The van der Waals surface area contributed by atoms with E-state index in [1.165, 1.54) is 4.90 Å². The fourth-order valence-electron chi connectivity index (χ4n) is 3.58. The maximum Gasteiger partial charge on any atom is 0.282 e. The van der Waals surface area contributed by atoms with Gasteiger partial charge >= 0.3 is 0 Å². The maximum absolute atomic E-state index is 13.4. The molecule has 5 rings (SSSR count). The van der Waals surface area contributed by atoms with Gasteiger partial charge in [-0.05, 0) is 43.6 Å². The SMILES string of the molecule is Cc1nc(C(NC(=O)c2nc(OCC3CC3)ccc2N2CC(F)(F)C2)C2CC2)no1. The Bertz CT molecular complexity index is 950. The van der Waals surface area contributed by atoms with Crippen molar-refractivity contribution in [3.05, 3.63) is 29.5 Å². The van der Waals surface area contributed by atoms with Crippen LogP contribution in [0.3, 0.4) is 0 Å². The summed E-state index contributed by atoms with van der Waals surface area (Å²) in [6, 6.07) is 2.86. The molecule has 30 heavy (non-hydrogen) atoms. The number of anilines is 1. The minimum absolute atomic E-state index is 0.0738. The second-order valence-corrected chi connectivity index (χ2v) is 8.44. The smallest absolute Gasteiger partial charge is 0.282 e. The zero-order chi connectivity index (χ0) is 20.9. The first-order valence-corrected chi connectivity index (χ1v) is 10.3. The number of hydrogen-bond acceptors (Lipinski definition) is 7. The minimum Gasteiger partial charge on any atom is -0.477 e. The summed E-state index contributed by atoms with van der Waals surface area (Å²) in [5.41, 5.74) is 0.445. The number of ether oxygens (including phenoxy) is 1. The van der Waals surface area contributed by atoms with E-state index in [1.807, 2.05) is 0 Å². The number of aryl methyl sites for hydroxylation is 1. The fraction of sp³-hybridized carbons (Fsp3) is 0.600. The van der Waals surface area contributed by atoms with Crippen LogP contribution in [-0.2, 0) is 0 Å². The summed E-state index contributed by atoms with van der Waals surface area (Å²) in [6.45, 7) is 1.36. The van der Waals surface area contributed by atoms with Gasteiger partial charge in [0, 0.05) is 13.0 Å². The van der Waals surface area contributed by atoms with Gasteiger partial charge in [0.15, 0.2) is 11.5 Å². The van der Waals surface area contributed by atoms with Crippen molar-refractivity contribution in [2.45, 2.75) is 44.6 Å². The Morgan fingerprint density at radius 2 is 2.07 bits per heavy atom. The molecule has 0 radical (unpaired) electrons. The Hall–Kier alpha value is -2.78. The summed E-state index contributed by atoms with van der Waals surface area (Å²) >= 11 is 0. The molecular weight excluding hydrogens is 396 g/mol. The number of amides is 1. The van der Waals surface area contributed by atoms with Crippen molar-refractivity contribution in [3.8, 4) is 5.88 Å². The minimum atomic E-state index is -2.76. The molecule has 3 fully saturated rings. The lowest BCUT2D eigenvalue weighted by molar-refractivity contribution is -0.0263. The molecule has 2 aromatic rings. The van der Waals surface area contributed by atoms with E-state index in [9.17, 15) is 13.6 Å². The van der Waals surface area contributed by atoms with E-state index in [0.717, 1.165) is 25.7 Å². The van der Waals surface area contributed by atoms with Gasteiger partial charge in [0.05, 0.1) is 31.4 Å². The number of nitrogens with one attached hydrogen (secondary N) is 1. The van der Waals surface area contributed by atoms with Crippen LogP contribution in [-0.4, -0.2) is 46.7 Å². The van der Waals surface area contributed by atoms with Gasteiger partial charge in [0.25, 0.3) is 11.8 Å². The van der Waals surface area contributed by atoms with E-state index in [0.29, 0.717) is 35.8 Å². The average molecular weight is 419 g/mol. The molecular formula is C20H23F2N5O3. The Balaban J connectivity index is 1.39. The lowest BCUT2D eigenvalue weighted by atomic mass is 10.1. The van der Waals surface area contributed by atoms with E-state index >= 15 is 0 Å². The molecule has 0 bridgehead atoms. The molecule has 10 heteroatoms. The van der Waals surface area contributed by atoms with Gasteiger partial charge in [-0.25, -0.2) is 13.8 Å². The molecule has 2 aliphatic carbocycles. The molecule has 1 unspecified atom stereocenters. The second kappa shape index (κ2) is 7.17. The molecule has 1 N–H and O–H groups in total.